The normalized spacial score (nSPS) is 8.25. The Balaban J connectivity index is -0.0000000750. The summed E-state index contributed by atoms with van der Waals surface area (Å²) >= 11 is 2.69. The van der Waals surface area contributed by atoms with Gasteiger partial charge >= 0.3 is 58.6 Å². The van der Waals surface area contributed by atoms with E-state index in [1.807, 2.05) is 0 Å². The molecule has 0 aliphatic heterocycles. The first-order valence-corrected chi connectivity index (χ1v) is 2.26. The molecule has 0 fully saturated rings. The Kier molecular flexibility index (Phi) is 18.3. The zero-order chi connectivity index (χ0) is 6.50. The smallest absolute Gasteiger partial charge is 0.418 e. The Morgan fingerprint density at radius 1 is 1.00 bits per heavy atom. The van der Waals surface area contributed by atoms with E-state index in [2.05, 4.69) is 21.8 Å². The van der Waals surface area contributed by atoms with Crippen LogP contribution in [0.15, 0.2) is 0 Å². The van der Waals surface area contributed by atoms with Crippen LogP contribution in [-0.2, 0) is 0 Å². The van der Waals surface area contributed by atoms with Gasteiger partial charge < -0.3 is 33.2 Å². The number of rotatable bonds is 0. The Morgan fingerprint density at radius 2 is 1.00 bits per heavy atom. The summed E-state index contributed by atoms with van der Waals surface area (Å²) in [5, 5.41) is 0. The predicted octanol–water partition coefficient (Wildman–Crippen LogP) is -0.523. The van der Waals surface area contributed by atoms with Gasteiger partial charge in [0.15, 0.2) is 0 Å². The summed E-state index contributed by atoms with van der Waals surface area (Å²) in [4.78, 5) is 0. The Hall–Kier alpha value is 1.90. The van der Waals surface area contributed by atoms with Crippen LogP contribution in [0, 0.1) is 5.83 Å². The molecule has 0 saturated heterocycles. The SMILES string of the molecule is F[B-](F)(F)F.[CH2-]Br.[K+]. The molecule has 0 aliphatic rings. The summed E-state index contributed by atoms with van der Waals surface area (Å²) in [6.07, 6.45) is 0. The van der Waals surface area contributed by atoms with Gasteiger partial charge in [0, 0.05) is 0 Å². The Morgan fingerprint density at radius 3 is 1.00 bits per heavy atom. The molecule has 8 heavy (non-hydrogen) atoms. The van der Waals surface area contributed by atoms with E-state index in [-0.39, 0.29) is 51.4 Å². The van der Waals surface area contributed by atoms with Gasteiger partial charge in [0.05, 0.1) is 0 Å². The first-order chi connectivity index (χ1) is 3.00. The topological polar surface area (TPSA) is 0 Å². The summed E-state index contributed by atoms with van der Waals surface area (Å²) in [6.45, 7) is 0. The standard InChI is InChI=1S/CH2Br.BF4.K/c1-2;2-1(3,4)5;/h1H2;;/q2*-1;+1. The largest absolute Gasteiger partial charge is 1.00 e. The molecule has 46 valence electrons. The molecule has 0 aliphatic carbocycles. The average molecular weight is 220 g/mol. The Labute approximate surface area is 96.1 Å². The molecule has 0 bridgehead atoms. The molecule has 0 amide bonds. The Bertz CT molecular complexity index is 31.5. The minimum atomic E-state index is -6.00. The number of hydrogen-bond donors (Lipinski definition) is 0. The van der Waals surface area contributed by atoms with Crippen molar-refractivity contribution in [2.45, 2.75) is 0 Å². The van der Waals surface area contributed by atoms with Gasteiger partial charge in [-0.1, -0.05) is 0 Å². The van der Waals surface area contributed by atoms with Crippen LogP contribution in [0.3, 0.4) is 0 Å². The van der Waals surface area contributed by atoms with Gasteiger partial charge in [-0.25, -0.2) is 0 Å². The van der Waals surface area contributed by atoms with E-state index >= 15 is 0 Å². The van der Waals surface area contributed by atoms with Crippen LogP contribution in [-0.4, -0.2) is 7.25 Å². The van der Waals surface area contributed by atoms with Gasteiger partial charge in [-0.05, 0) is 0 Å². The molecule has 0 aromatic rings. The summed E-state index contributed by atoms with van der Waals surface area (Å²) in [5.74, 6) is 3.06. The molecule has 0 nitrogen and oxygen atoms in total. The van der Waals surface area contributed by atoms with Crippen LogP contribution in [0.5, 0.6) is 0 Å². The molecule has 0 heterocycles. The first kappa shape index (κ1) is 16.5. The summed E-state index contributed by atoms with van der Waals surface area (Å²) in [5.41, 5.74) is 0. The van der Waals surface area contributed by atoms with E-state index in [0.29, 0.717) is 0 Å². The fourth-order valence-corrected chi connectivity index (χ4v) is 0. The van der Waals surface area contributed by atoms with E-state index in [9.17, 15) is 17.3 Å². The molecule has 0 rings (SSSR count). The van der Waals surface area contributed by atoms with Crippen LogP contribution in [0.2, 0.25) is 0 Å². The average Bonchev–Trinajstić information content (AvgIpc) is 1.36. The van der Waals surface area contributed by atoms with Crippen molar-refractivity contribution in [3.05, 3.63) is 5.83 Å². The first-order valence-electron chi connectivity index (χ1n) is 1.14. The van der Waals surface area contributed by atoms with Crippen LogP contribution in [0.1, 0.15) is 0 Å². The molecular formula is CH2BBrF4K-. The fourth-order valence-electron chi connectivity index (χ4n) is 0. The van der Waals surface area contributed by atoms with Crippen molar-refractivity contribution in [2.75, 3.05) is 0 Å². The van der Waals surface area contributed by atoms with Crippen molar-refractivity contribution in [2.24, 2.45) is 0 Å². The van der Waals surface area contributed by atoms with Gasteiger partial charge in [0.2, 0.25) is 0 Å². The van der Waals surface area contributed by atoms with E-state index < -0.39 is 7.25 Å². The maximum atomic E-state index is 9.75. The molecule has 0 saturated carbocycles. The monoisotopic (exact) mass is 219 g/mol. The van der Waals surface area contributed by atoms with E-state index in [0.717, 1.165) is 0 Å². The van der Waals surface area contributed by atoms with Crippen molar-refractivity contribution >= 4 is 23.2 Å². The summed E-state index contributed by atoms with van der Waals surface area (Å²) < 4.78 is 39.0. The summed E-state index contributed by atoms with van der Waals surface area (Å²) in [7, 11) is -6.00. The van der Waals surface area contributed by atoms with Gasteiger partial charge in [-0.15, -0.1) is 0 Å². The minimum Gasteiger partial charge on any atom is -0.418 e. The van der Waals surface area contributed by atoms with Crippen LogP contribution < -0.4 is 51.4 Å². The van der Waals surface area contributed by atoms with Crippen molar-refractivity contribution in [3.63, 3.8) is 0 Å². The zero-order valence-corrected chi connectivity index (χ0v) is 8.88. The number of halogens is 5. The number of hydrogen-bond acceptors (Lipinski definition) is 0. The minimum absolute atomic E-state index is 0. The van der Waals surface area contributed by atoms with Crippen LogP contribution in [0.4, 0.5) is 17.3 Å². The maximum Gasteiger partial charge on any atom is 1.00 e. The zero-order valence-electron chi connectivity index (χ0n) is 4.17. The third kappa shape index (κ3) is 104. The molecule has 0 unspecified atom stereocenters. The van der Waals surface area contributed by atoms with E-state index in [1.165, 1.54) is 0 Å². The maximum absolute atomic E-state index is 9.75. The molecular weight excluding hydrogens is 218 g/mol. The van der Waals surface area contributed by atoms with Gasteiger partial charge in [-0.2, -0.15) is 0 Å². The quantitative estimate of drug-likeness (QED) is 0.292. The second kappa shape index (κ2) is 8.90. The molecule has 0 radical (unpaired) electrons. The second-order valence-electron chi connectivity index (χ2n) is 0.495. The third-order valence-corrected chi connectivity index (χ3v) is 0. The molecule has 0 spiro atoms. The van der Waals surface area contributed by atoms with E-state index in [4.69, 9.17) is 0 Å². The second-order valence-corrected chi connectivity index (χ2v) is 0.495. The third-order valence-electron chi connectivity index (χ3n) is 0. The van der Waals surface area contributed by atoms with E-state index in [1.54, 1.807) is 0 Å². The van der Waals surface area contributed by atoms with Crippen molar-refractivity contribution < 1.29 is 68.6 Å². The van der Waals surface area contributed by atoms with Crippen molar-refractivity contribution in [1.82, 2.24) is 0 Å². The van der Waals surface area contributed by atoms with Crippen LogP contribution in [0.25, 0.3) is 0 Å². The van der Waals surface area contributed by atoms with Gasteiger partial charge in [0.1, 0.15) is 0 Å². The summed E-state index contributed by atoms with van der Waals surface area (Å²) in [6, 6.07) is 0. The van der Waals surface area contributed by atoms with Crippen LogP contribution >= 0.6 is 15.9 Å². The van der Waals surface area contributed by atoms with Gasteiger partial charge in [0.25, 0.3) is 0 Å². The van der Waals surface area contributed by atoms with Crippen molar-refractivity contribution in [1.29, 1.82) is 0 Å². The molecule has 0 atom stereocenters. The van der Waals surface area contributed by atoms with Crippen molar-refractivity contribution in [3.8, 4) is 0 Å². The molecule has 7 heteroatoms. The molecule has 0 aromatic heterocycles. The molecule has 0 N–H and O–H groups in total. The fraction of sp³-hybridized carbons (Fsp3) is 0. The molecule has 0 aromatic carbocycles. The van der Waals surface area contributed by atoms with Gasteiger partial charge in [-0.3, -0.25) is 5.83 Å². The predicted molar refractivity (Wildman–Crippen MR) is 24.5 cm³/mol.